The third-order valence-electron chi connectivity index (χ3n) is 4.16. The Morgan fingerprint density at radius 2 is 2.00 bits per heavy atom. The Balaban J connectivity index is 0.00000420. The number of rotatable bonds is 7. The van der Waals surface area contributed by atoms with Crippen LogP contribution in [0.1, 0.15) is 37.9 Å². The van der Waals surface area contributed by atoms with E-state index in [1.807, 2.05) is 6.92 Å². The van der Waals surface area contributed by atoms with E-state index in [2.05, 4.69) is 25.8 Å². The van der Waals surface area contributed by atoms with Crippen LogP contribution in [0.5, 0.6) is 0 Å². The van der Waals surface area contributed by atoms with Gasteiger partial charge >= 0.3 is 15.5 Å². The Kier molecular flexibility index (Phi) is 10.1. The lowest BCUT2D eigenvalue weighted by Gasteiger charge is -2.32. The van der Waals surface area contributed by atoms with Crippen molar-refractivity contribution >= 4 is 40.0 Å². The van der Waals surface area contributed by atoms with Crippen molar-refractivity contribution < 1.29 is 26.1 Å². The minimum atomic E-state index is -5.26. The second-order valence-electron chi connectivity index (χ2n) is 6.37. The number of hydrogen-bond donors (Lipinski definition) is 2. The Morgan fingerprint density at radius 3 is 2.52 bits per heavy atom. The van der Waals surface area contributed by atoms with Crippen LogP contribution in [-0.2, 0) is 16.4 Å². The maximum atomic E-state index is 12.6. The van der Waals surface area contributed by atoms with Crippen LogP contribution in [0.25, 0.3) is 0 Å². The van der Waals surface area contributed by atoms with Crippen molar-refractivity contribution in [2.24, 2.45) is 4.99 Å². The molecule has 0 saturated carbocycles. The quantitative estimate of drug-likeness (QED) is 0.229. The van der Waals surface area contributed by atoms with Crippen molar-refractivity contribution in [3.05, 3.63) is 11.7 Å². The molecular weight excluding hydrogens is 528 g/mol. The average Bonchev–Trinajstić information content (AvgIpc) is 3.03. The molecule has 1 fully saturated rings. The number of guanidine groups is 1. The third-order valence-corrected chi connectivity index (χ3v) is 5.79. The van der Waals surface area contributed by atoms with E-state index in [1.54, 1.807) is 6.92 Å². The summed E-state index contributed by atoms with van der Waals surface area (Å²) in [4.78, 5) is 8.54. The molecule has 2 heterocycles. The maximum absolute atomic E-state index is 12.6. The molecule has 0 bridgehead atoms. The number of nitrogens with zero attached hydrogens (tertiary/aromatic N) is 4. The zero-order chi connectivity index (χ0) is 20.8. The van der Waals surface area contributed by atoms with Gasteiger partial charge in [0.1, 0.15) is 0 Å². The van der Waals surface area contributed by atoms with E-state index in [1.165, 1.54) is 0 Å². The van der Waals surface area contributed by atoms with Crippen molar-refractivity contribution in [3.63, 3.8) is 0 Å². The molecule has 9 nitrogen and oxygen atoms in total. The van der Waals surface area contributed by atoms with Crippen LogP contribution in [0.4, 0.5) is 13.2 Å². The molecule has 0 unspecified atom stereocenters. The minimum absolute atomic E-state index is 0. The molecule has 1 saturated heterocycles. The van der Waals surface area contributed by atoms with Crippen molar-refractivity contribution in [1.29, 1.82) is 0 Å². The van der Waals surface area contributed by atoms with Crippen LogP contribution >= 0.6 is 24.0 Å². The summed E-state index contributed by atoms with van der Waals surface area (Å²) in [7, 11) is -5.26. The first-order chi connectivity index (χ1) is 13.1. The summed E-state index contributed by atoms with van der Waals surface area (Å²) in [5.41, 5.74) is -5.26. The smallest absolute Gasteiger partial charge is 0.357 e. The molecule has 1 aliphatic heterocycles. The number of nitrogens with one attached hydrogen (secondary N) is 2. The van der Waals surface area contributed by atoms with Crippen molar-refractivity contribution in [1.82, 2.24) is 25.1 Å². The number of aromatic nitrogens is 2. The summed E-state index contributed by atoms with van der Waals surface area (Å²) >= 11 is 0. The molecule has 168 valence electrons. The van der Waals surface area contributed by atoms with Gasteiger partial charge in [0.25, 0.3) is 0 Å². The van der Waals surface area contributed by atoms with Crippen LogP contribution < -0.4 is 10.6 Å². The molecule has 0 spiro atoms. The Labute approximate surface area is 185 Å². The van der Waals surface area contributed by atoms with Gasteiger partial charge in [0.05, 0.1) is 0 Å². The summed E-state index contributed by atoms with van der Waals surface area (Å²) < 4.78 is 66.3. The monoisotopic (exact) mass is 554 g/mol. The van der Waals surface area contributed by atoms with Gasteiger partial charge in [0.15, 0.2) is 11.8 Å². The molecule has 2 N–H and O–H groups in total. The normalized spacial score (nSPS) is 17.1. The summed E-state index contributed by atoms with van der Waals surface area (Å²) in [6.07, 6.45) is 1.82. The van der Waals surface area contributed by atoms with Crippen LogP contribution in [0.2, 0.25) is 0 Å². The number of hydrogen-bond acceptors (Lipinski definition) is 6. The summed E-state index contributed by atoms with van der Waals surface area (Å²) in [6.45, 7) is 4.39. The number of alkyl halides is 3. The number of aliphatic imine (C=N–C) groups is 1. The molecule has 14 heteroatoms. The zero-order valence-corrected chi connectivity index (χ0v) is 19.3. The fraction of sp³-hybridized carbons (Fsp3) is 0.800. The molecule has 0 amide bonds. The van der Waals surface area contributed by atoms with Crippen LogP contribution in [0, 0.1) is 6.92 Å². The number of sulfonamides is 1. The fourth-order valence-corrected chi connectivity index (χ4v) is 3.75. The van der Waals surface area contributed by atoms with E-state index >= 15 is 0 Å². The van der Waals surface area contributed by atoms with E-state index in [0.717, 1.165) is 0 Å². The molecule has 2 rings (SSSR count). The van der Waals surface area contributed by atoms with Crippen molar-refractivity contribution in [3.8, 4) is 0 Å². The van der Waals surface area contributed by atoms with Gasteiger partial charge in [-0.1, -0.05) is 5.16 Å². The molecule has 29 heavy (non-hydrogen) atoms. The molecular formula is C15H26F3IN6O3S. The van der Waals surface area contributed by atoms with Gasteiger partial charge in [-0.05, 0) is 33.1 Å². The van der Waals surface area contributed by atoms with E-state index in [0.29, 0.717) is 47.9 Å². The number of piperidine rings is 1. The molecule has 0 atom stereocenters. The van der Waals surface area contributed by atoms with Gasteiger partial charge < -0.3 is 15.2 Å². The molecule has 0 aliphatic carbocycles. The number of aryl methyl sites for hydroxylation is 2. The first kappa shape index (κ1) is 25.9. The highest BCUT2D eigenvalue weighted by Gasteiger charge is 2.50. The van der Waals surface area contributed by atoms with E-state index in [-0.39, 0.29) is 55.9 Å². The lowest BCUT2D eigenvalue weighted by molar-refractivity contribution is -0.0494. The highest BCUT2D eigenvalue weighted by Crippen LogP contribution is 2.28. The Bertz CT molecular complexity index is 764. The molecule has 0 radical (unpaired) electrons. The number of halogens is 4. The lowest BCUT2D eigenvalue weighted by Crippen LogP contribution is -2.51. The molecule has 1 aromatic rings. The van der Waals surface area contributed by atoms with Gasteiger partial charge in [-0.2, -0.15) is 22.5 Å². The highest BCUT2D eigenvalue weighted by atomic mass is 127. The van der Waals surface area contributed by atoms with Gasteiger partial charge in [0, 0.05) is 38.6 Å². The SMILES string of the molecule is CCNC(=NCCCc1nc(C)no1)NC1CCN(S(=O)(=O)C(F)(F)F)CC1.I. The molecule has 1 aromatic heterocycles. The van der Waals surface area contributed by atoms with Crippen molar-refractivity contribution in [2.45, 2.75) is 51.1 Å². The minimum Gasteiger partial charge on any atom is -0.357 e. The second kappa shape index (κ2) is 11.3. The second-order valence-corrected chi connectivity index (χ2v) is 8.30. The first-order valence-corrected chi connectivity index (χ1v) is 10.5. The maximum Gasteiger partial charge on any atom is 0.511 e. The Morgan fingerprint density at radius 1 is 1.34 bits per heavy atom. The molecule has 1 aliphatic rings. The largest absolute Gasteiger partial charge is 0.511 e. The van der Waals surface area contributed by atoms with Gasteiger partial charge in [-0.15, -0.1) is 24.0 Å². The highest BCUT2D eigenvalue weighted by molar-refractivity contribution is 14.0. The van der Waals surface area contributed by atoms with Gasteiger partial charge in [0.2, 0.25) is 5.89 Å². The predicted octanol–water partition coefficient (Wildman–Crippen LogP) is 1.80. The van der Waals surface area contributed by atoms with E-state index in [4.69, 9.17) is 4.52 Å². The predicted molar refractivity (Wildman–Crippen MR) is 111 cm³/mol. The van der Waals surface area contributed by atoms with E-state index in [9.17, 15) is 21.6 Å². The lowest BCUT2D eigenvalue weighted by atomic mass is 10.1. The van der Waals surface area contributed by atoms with Crippen molar-refractivity contribution in [2.75, 3.05) is 26.2 Å². The third kappa shape index (κ3) is 7.55. The topological polar surface area (TPSA) is 113 Å². The van der Waals surface area contributed by atoms with E-state index < -0.39 is 15.5 Å². The summed E-state index contributed by atoms with van der Waals surface area (Å²) in [6, 6.07) is -0.156. The first-order valence-electron chi connectivity index (χ1n) is 9.04. The van der Waals surface area contributed by atoms with Crippen LogP contribution in [0.15, 0.2) is 9.52 Å². The van der Waals surface area contributed by atoms with Crippen LogP contribution in [-0.4, -0.2) is 66.6 Å². The fourth-order valence-electron chi connectivity index (χ4n) is 2.76. The Hall–Kier alpha value is -1.16. The van der Waals surface area contributed by atoms with Gasteiger partial charge in [-0.25, -0.2) is 8.42 Å². The van der Waals surface area contributed by atoms with Crippen LogP contribution in [0.3, 0.4) is 0 Å². The van der Waals surface area contributed by atoms with Gasteiger partial charge in [-0.3, -0.25) is 4.99 Å². The zero-order valence-electron chi connectivity index (χ0n) is 16.2. The summed E-state index contributed by atoms with van der Waals surface area (Å²) in [5.74, 6) is 1.66. The summed E-state index contributed by atoms with van der Waals surface area (Å²) in [5, 5.41) is 9.94. The average molecular weight is 554 g/mol. The molecule has 0 aromatic carbocycles. The standard InChI is InChI=1S/C15H25F3N6O3S.HI/c1-3-19-14(20-8-4-5-13-21-11(2)23-27-13)22-12-6-9-24(10-7-12)28(25,26)15(16,17)18;/h12H,3-10H2,1-2H3,(H2,19,20,22);1H.